The minimum absolute atomic E-state index is 0.0461. The highest BCUT2D eigenvalue weighted by atomic mass is 19.3. The number of rotatable bonds is 8. The third-order valence-electron chi connectivity index (χ3n) is 9.34. The molecule has 1 aliphatic rings. The van der Waals surface area contributed by atoms with Crippen molar-refractivity contribution in [1.29, 1.82) is 0 Å². The Labute approximate surface area is 311 Å². The Balaban J connectivity index is 1.23. The number of aromatic nitrogens is 7. The van der Waals surface area contributed by atoms with Gasteiger partial charge in [0.25, 0.3) is 18.3 Å². The summed E-state index contributed by atoms with van der Waals surface area (Å²) in [5, 5.41) is 7.49. The molecule has 7 aromatic rings. The van der Waals surface area contributed by atoms with E-state index in [9.17, 15) is 31.1 Å². The number of hydrogen-bond acceptors (Lipinski definition) is 5. The molecule has 56 heavy (non-hydrogen) atoms. The molecule has 0 saturated heterocycles. The smallest absolute Gasteiger partial charge is 0.290 e. The van der Waals surface area contributed by atoms with Gasteiger partial charge in [0.1, 0.15) is 46.6 Å². The molecule has 0 bridgehead atoms. The summed E-state index contributed by atoms with van der Waals surface area (Å²) in [4.78, 5) is 33.3. The van der Waals surface area contributed by atoms with Crippen molar-refractivity contribution < 1.29 is 39.9 Å². The molecule has 0 aliphatic heterocycles. The van der Waals surface area contributed by atoms with Crippen molar-refractivity contribution in [2.24, 2.45) is 0 Å². The number of carbonyl (C=O) groups excluding carboxylic acids is 1. The Bertz CT molecular complexity index is 2690. The number of halogens is 8. The average Bonchev–Trinajstić information content (AvgIpc) is 3.91. The summed E-state index contributed by atoms with van der Waals surface area (Å²) in [6, 6.07) is 11.8. The van der Waals surface area contributed by atoms with Crippen molar-refractivity contribution in [3.8, 4) is 23.0 Å². The largest absolute Gasteiger partial charge is 0.346 e. The van der Waals surface area contributed by atoms with Gasteiger partial charge in [-0.15, -0.1) is 0 Å². The maximum absolute atomic E-state index is 15.2. The summed E-state index contributed by atoms with van der Waals surface area (Å²) < 4.78 is 117. The minimum Gasteiger partial charge on any atom is -0.346 e. The monoisotopic (exact) mass is 774 g/mol. The van der Waals surface area contributed by atoms with E-state index >= 15 is 8.78 Å². The van der Waals surface area contributed by atoms with Crippen LogP contribution in [0.15, 0.2) is 79.4 Å². The Kier molecular flexibility index (Phi) is 9.06. The van der Waals surface area contributed by atoms with Crippen LogP contribution in [0.4, 0.5) is 35.1 Å². The van der Waals surface area contributed by atoms with Gasteiger partial charge in [0, 0.05) is 71.2 Å². The molecule has 3 N–H and O–H groups in total. The number of alkyl halides is 6. The van der Waals surface area contributed by atoms with Gasteiger partial charge in [-0.3, -0.25) is 9.48 Å². The van der Waals surface area contributed by atoms with Crippen LogP contribution in [0.2, 0.25) is 0 Å². The van der Waals surface area contributed by atoms with Crippen LogP contribution in [0.5, 0.6) is 0 Å². The number of pyridine rings is 3. The zero-order chi connectivity index (χ0) is 39.4. The molecule has 1 aliphatic carbocycles. The van der Waals surface area contributed by atoms with E-state index in [0.29, 0.717) is 39.4 Å². The van der Waals surface area contributed by atoms with E-state index in [4.69, 9.17) is 4.98 Å². The number of nitrogens with zero attached hydrogens (tertiary/aromatic N) is 5. The number of H-pyrrole nitrogens is 2. The number of aromatic amines is 2. The number of fused-ring (bicyclic) bond motifs is 3. The molecule has 1 unspecified atom stereocenters. The molecule has 0 radical (unpaired) electrons. The lowest BCUT2D eigenvalue weighted by Crippen LogP contribution is -2.37. The second kappa shape index (κ2) is 13.9. The summed E-state index contributed by atoms with van der Waals surface area (Å²) in [6.07, 6.45) is -0.282. The normalized spacial score (nSPS) is 15.1. The van der Waals surface area contributed by atoms with Gasteiger partial charge in [-0.25, -0.2) is 41.3 Å². The Morgan fingerprint density at radius 1 is 0.839 bits per heavy atom. The summed E-state index contributed by atoms with van der Waals surface area (Å²) in [7, 11) is 0. The fraction of sp³-hybridized carbons (Fsp3) is 0.205. The fourth-order valence-corrected chi connectivity index (χ4v) is 6.88. The Hall–Kier alpha value is -6.57. The van der Waals surface area contributed by atoms with Crippen LogP contribution in [0.3, 0.4) is 0 Å². The molecule has 17 heteroatoms. The molecule has 0 fully saturated rings. The van der Waals surface area contributed by atoms with Crippen molar-refractivity contribution in [2.45, 2.75) is 50.1 Å². The Morgan fingerprint density at radius 3 is 2.23 bits per heavy atom. The van der Waals surface area contributed by atoms with Crippen LogP contribution in [0.1, 0.15) is 64.8 Å². The molecule has 1 amide bonds. The second-order valence-electron chi connectivity index (χ2n) is 13.2. The lowest BCUT2D eigenvalue weighted by Gasteiger charge is -2.29. The van der Waals surface area contributed by atoms with E-state index in [2.05, 4.69) is 42.2 Å². The number of benzene rings is 1. The first-order chi connectivity index (χ1) is 26.7. The van der Waals surface area contributed by atoms with Crippen LogP contribution in [0, 0.1) is 23.5 Å². The van der Waals surface area contributed by atoms with Gasteiger partial charge in [-0.2, -0.15) is 13.9 Å². The van der Waals surface area contributed by atoms with Gasteiger partial charge in [0.2, 0.25) is 5.91 Å². The molecular formula is C39H26F8N8O. The molecule has 1 aromatic carbocycles. The third kappa shape index (κ3) is 7.05. The van der Waals surface area contributed by atoms with E-state index in [1.165, 1.54) is 6.20 Å². The molecule has 0 saturated carbocycles. The highest BCUT2D eigenvalue weighted by Crippen LogP contribution is 2.52. The molecule has 9 nitrogen and oxygen atoms in total. The number of carbonyl (C=O) groups is 1. The minimum atomic E-state index is -4.06. The lowest BCUT2D eigenvalue weighted by molar-refractivity contribution is -0.123. The summed E-state index contributed by atoms with van der Waals surface area (Å²) in [5.74, 6) is -5.12. The Morgan fingerprint density at radius 2 is 1.52 bits per heavy atom. The van der Waals surface area contributed by atoms with Gasteiger partial charge in [0.05, 0.1) is 17.3 Å². The number of nitrogens with one attached hydrogen (secondary N) is 3. The molecular weight excluding hydrogens is 748 g/mol. The van der Waals surface area contributed by atoms with E-state index in [1.54, 1.807) is 48.9 Å². The van der Waals surface area contributed by atoms with Crippen LogP contribution in [-0.4, -0.2) is 40.6 Å². The van der Waals surface area contributed by atoms with E-state index in [-0.39, 0.29) is 28.1 Å². The number of amides is 1. The van der Waals surface area contributed by atoms with Gasteiger partial charge in [-0.05, 0) is 66.4 Å². The van der Waals surface area contributed by atoms with Crippen molar-refractivity contribution >= 4 is 28.0 Å². The zero-order valence-corrected chi connectivity index (χ0v) is 28.7. The maximum atomic E-state index is 15.2. The van der Waals surface area contributed by atoms with Gasteiger partial charge < -0.3 is 15.3 Å². The second-order valence-corrected chi connectivity index (χ2v) is 13.2. The standard InChI is InChI=1S/C39H26F8N8O/c40-25-12-21(13-26(41)16-25)14-29(53-30(56)19-55-34-31(33(54-55)35(42)43)38(44,45)7-8-39(34,46)47)32-28(24-15-23-6-10-49-37(23)51-18-24)4-3-27(52-32)2-1-20-11-22-5-9-48-36(22)50-17-20/h3-6,9-13,15-18,29,35H,7-8,14,19H2,(H,48,50)(H,49,51)(H,53,56). The topological polar surface area (TPSA) is 117 Å². The summed E-state index contributed by atoms with van der Waals surface area (Å²) >= 11 is 0. The van der Waals surface area contributed by atoms with Gasteiger partial charge >= 0.3 is 0 Å². The molecule has 6 aromatic heterocycles. The molecule has 1 atom stereocenters. The van der Waals surface area contributed by atoms with Crippen molar-refractivity contribution in [3.05, 3.63) is 130 Å². The first kappa shape index (κ1) is 36.4. The van der Waals surface area contributed by atoms with Crippen LogP contribution in [0.25, 0.3) is 33.2 Å². The predicted molar refractivity (Wildman–Crippen MR) is 187 cm³/mol. The van der Waals surface area contributed by atoms with E-state index in [0.717, 1.165) is 17.5 Å². The van der Waals surface area contributed by atoms with Gasteiger partial charge in [0.15, 0.2) is 0 Å². The summed E-state index contributed by atoms with van der Waals surface area (Å²) in [6.45, 7) is -1.19. The van der Waals surface area contributed by atoms with Gasteiger partial charge in [-0.1, -0.05) is 5.92 Å². The van der Waals surface area contributed by atoms with Crippen LogP contribution < -0.4 is 5.32 Å². The quantitative estimate of drug-likeness (QED) is 0.106. The molecule has 8 rings (SSSR count). The van der Waals surface area contributed by atoms with Crippen molar-refractivity contribution in [3.63, 3.8) is 0 Å². The molecule has 0 spiro atoms. The maximum Gasteiger partial charge on any atom is 0.290 e. The summed E-state index contributed by atoms with van der Waals surface area (Å²) in [5.41, 5.74) is -1.70. The van der Waals surface area contributed by atoms with Crippen molar-refractivity contribution in [2.75, 3.05) is 0 Å². The van der Waals surface area contributed by atoms with E-state index in [1.807, 2.05) is 6.07 Å². The van der Waals surface area contributed by atoms with Crippen LogP contribution in [-0.2, 0) is 29.6 Å². The third-order valence-corrected chi connectivity index (χ3v) is 9.34. The molecule has 284 valence electrons. The zero-order valence-electron chi connectivity index (χ0n) is 28.7. The fourth-order valence-electron chi connectivity index (χ4n) is 6.88. The highest BCUT2D eigenvalue weighted by molar-refractivity contribution is 5.83. The van der Waals surface area contributed by atoms with Crippen LogP contribution >= 0.6 is 0 Å². The van der Waals surface area contributed by atoms with E-state index < -0.39 is 78.2 Å². The predicted octanol–water partition coefficient (Wildman–Crippen LogP) is 8.39. The molecule has 6 heterocycles. The highest BCUT2D eigenvalue weighted by Gasteiger charge is 2.55. The van der Waals surface area contributed by atoms with Crippen molar-refractivity contribution in [1.82, 2.24) is 40.0 Å². The SMILES string of the molecule is O=C(Cn1nc(C(F)F)c2c1C(F)(F)CCC2(F)F)NC(Cc1cc(F)cc(F)c1)c1nc(C#Cc2cnc3[nH]ccc3c2)ccc1-c1cnc2[nH]ccc2c1. The number of hydrogen-bond donors (Lipinski definition) is 3. The first-order valence-corrected chi connectivity index (χ1v) is 17.0. The lowest BCUT2D eigenvalue weighted by atomic mass is 9.89. The first-order valence-electron chi connectivity index (χ1n) is 17.0. The average molecular weight is 775 g/mol.